The Balaban J connectivity index is 2.34. The Kier molecular flexibility index (Phi) is 6.22. The van der Waals surface area contributed by atoms with Crippen molar-refractivity contribution in [1.29, 1.82) is 0 Å². The first-order valence-electron chi connectivity index (χ1n) is 5.90. The molecule has 0 saturated carbocycles. The molecular weight excluding hydrogens is 280 g/mol. The van der Waals surface area contributed by atoms with Crippen LogP contribution < -0.4 is 10.6 Å². The molecule has 1 amide bonds. The minimum atomic E-state index is -0.00828. The smallest absolute Gasteiger partial charge is 0.238 e. The number of carbonyl (C=O) groups excluding carboxylic acids is 1. The van der Waals surface area contributed by atoms with Crippen LogP contribution in [-0.4, -0.2) is 18.5 Å². The first kappa shape index (κ1) is 14.2. The molecule has 0 aliphatic rings. The monoisotopic (exact) mass is 298 g/mol. The van der Waals surface area contributed by atoms with Crippen LogP contribution in [0, 0.1) is 0 Å². The van der Waals surface area contributed by atoms with E-state index in [0.717, 1.165) is 23.0 Å². The average Bonchev–Trinajstić information content (AvgIpc) is 2.27. The van der Waals surface area contributed by atoms with Crippen molar-refractivity contribution in [3.8, 4) is 0 Å². The molecule has 0 fully saturated rings. The van der Waals surface area contributed by atoms with Crippen molar-refractivity contribution in [2.45, 2.75) is 32.7 Å². The number of halogens is 1. The predicted molar refractivity (Wildman–Crippen MR) is 75.1 cm³/mol. The van der Waals surface area contributed by atoms with Gasteiger partial charge in [0.05, 0.1) is 6.54 Å². The summed E-state index contributed by atoms with van der Waals surface area (Å²) >= 11 is 3.37. The van der Waals surface area contributed by atoms with E-state index >= 15 is 0 Å². The van der Waals surface area contributed by atoms with E-state index in [1.807, 2.05) is 24.3 Å². The fourth-order valence-corrected chi connectivity index (χ4v) is 1.97. The van der Waals surface area contributed by atoms with Gasteiger partial charge in [-0.2, -0.15) is 0 Å². The summed E-state index contributed by atoms with van der Waals surface area (Å²) in [6.07, 6.45) is 2.21. The standard InChI is InChI=1S/C13H19BrN2O/c1-3-5-10(2)15-9-13(17)16-12-7-4-6-11(14)8-12/h4,6-8,10,15H,3,5,9H2,1-2H3,(H,16,17). The van der Waals surface area contributed by atoms with E-state index in [4.69, 9.17) is 0 Å². The van der Waals surface area contributed by atoms with Crippen molar-refractivity contribution in [1.82, 2.24) is 5.32 Å². The molecule has 0 radical (unpaired) electrons. The van der Waals surface area contributed by atoms with Crippen LogP contribution in [0.3, 0.4) is 0 Å². The molecule has 17 heavy (non-hydrogen) atoms. The third-order valence-corrected chi connectivity index (χ3v) is 2.93. The molecule has 0 heterocycles. The second-order valence-electron chi connectivity index (χ2n) is 4.13. The highest BCUT2D eigenvalue weighted by atomic mass is 79.9. The quantitative estimate of drug-likeness (QED) is 0.847. The van der Waals surface area contributed by atoms with E-state index in [-0.39, 0.29) is 5.91 Å². The van der Waals surface area contributed by atoms with Gasteiger partial charge in [-0.05, 0) is 31.5 Å². The SMILES string of the molecule is CCCC(C)NCC(=O)Nc1cccc(Br)c1. The highest BCUT2D eigenvalue weighted by molar-refractivity contribution is 9.10. The summed E-state index contributed by atoms with van der Waals surface area (Å²) in [5.41, 5.74) is 0.814. The van der Waals surface area contributed by atoms with Crippen LogP contribution in [0.25, 0.3) is 0 Å². The third kappa shape index (κ3) is 5.84. The minimum Gasteiger partial charge on any atom is -0.325 e. The number of carbonyl (C=O) groups is 1. The largest absolute Gasteiger partial charge is 0.325 e. The van der Waals surface area contributed by atoms with Crippen molar-refractivity contribution in [3.63, 3.8) is 0 Å². The lowest BCUT2D eigenvalue weighted by Gasteiger charge is -2.12. The lowest BCUT2D eigenvalue weighted by Crippen LogP contribution is -2.34. The summed E-state index contributed by atoms with van der Waals surface area (Å²) in [4.78, 5) is 11.6. The maximum atomic E-state index is 11.6. The maximum absolute atomic E-state index is 11.6. The molecule has 0 spiro atoms. The van der Waals surface area contributed by atoms with Gasteiger partial charge in [-0.25, -0.2) is 0 Å². The van der Waals surface area contributed by atoms with Crippen LogP contribution in [0.2, 0.25) is 0 Å². The van der Waals surface area contributed by atoms with E-state index in [9.17, 15) is 4.79 Å². The Morgan fingerprint density at radius 2 is 2.24 bits per heavy atom. The van der Waals surface area contributed by atoms with Crippen molar-refractivity contribution in [3.05, 3.63) is 28.7 Å². The Bertz CT molecular complexity index is 368. The first-order valence-corrected chi connectivity index (χ1v) is 6.70. The van der Waals surface area contributed by atoms with Crippen LogP contribution in [0.4, 0.5) is 5.69 Å². The first-order chi connectivity index (χ1) is 8.11. The van der Waals surface area contributed by atoms with Crippen LogP contribution in [-0.2, 0) is 4.79 Å². The van der Waals surface area contributed by atoms with Gasteiger partial charge in [-0.3, -0.25) is 4.79 Å². The van der Waals surface area contributed by atoms with E-state index in [1.54, 1.807) is 0 Å². The molecule has 0 aromatic heterocycles. The van der Waals surface area contributed by atoms with E-state index in [1.165, 1.54) is 0 Å². The maximum Gasteiger partial charge on any atom is 0.238 e. The Hall–Kier alpha value is -0.870. The van der Waals surface area contributed by atoms with Gasteiger partial charge in [-0.1, -0.05) is 35.3 Å². The molecule has 3 nitrogen and oxygen atoms in total. The number of hydrogen-bond donors (Lipinski definition) is 2. The zero-order valence-electron chi connectivity index (χ0n) is 10.3. The minimum absolute atomic E-state index is 0.00828. The Morgan fingerprint density at radius 1 is 1.47 bits per heavy atom. The molecule has 1 aromatic rings. The van der Waals surface area contributed by atoms with Gasteiger partial charge in [0, 0.05) is 16.2 Å². The molecule has 1 atom stereocenters. The van der Waals surface area contributed by atoms with Crippen molar-refractivity contribution >= 4 is 27.5 Å². The third-order valence-electron chi connectivity index (χ3n) is 2.44. The molecular formula is C13H19BrN2O. The lowest BCUT2D eigenvalue weighted by molar-refractivity contribution is -0.115. The molecule has 0 bridgehead atoms. The van der Waals surface area contributed by atoms with Gasteiger partial charge >= 0.3 is 0 Å². The van der Waals surface area contributed by atoms with Crippen LogP contribution in [0.5, 0.6) is 0 Å². The van der Waals surface area contributed by atoms with Crippen LogP contribution >= 0.6 is 15.9 Å². The van der Waals surface area contributed by atoms with E-state index in [2.05, 4.69) is 40.4 Å². The zero-order chi connectivity index (χ0) is 12.7. The summed E-state index contributed by atoms with van der Waals surface area (Å²) in [5, 5.41) is 6.04. The number of rotatable bonds is 6. The van der Waals surface area contributed by atoms with Gasteiger partial charge in [-0.15, -0.1) is 0 Å². The van der Waals surface area contributed by atoms with Gasteiger partial charge in [0.25, 0.3) is 0 Å². The van der Waals surface area contributed by atoms with E-state index in [0.29, 0.717) is 12.6 Å². The predicted octanol–water partition coefficient (Wildman–Crippen LogP) is 3.17. The second-order valence-corrected chi connectivity index (χ2v) is 5.04. The fraction of sp³-hybridized carbons (Fsp3) is 0.462. The molecule has 0 saturated heterocycles. The molecule has 1 rings (SSSR count). The van der Waals surface area contributed by atoms with Crippen molar-refractivity contribution in [2.24, 2.45) is 0 Å². The Morgan fingerprint density at radius 3 is 2.88 bits per heavy atom. The molecule has 0 aliphatic carbocycles. The van der Waals surface area contributed by atoms with Gasteiger partial charge in [0.1, 0.15) is 0 Å². The number of anilines is 1. The van der Waals surface area contributed by atoms with E-state index < -0.39 is 0 Å². The summed E-state index contributed by atoms with van der Waals surface area (Å²) in [5.74, 6) is -0.00828. The molecule has 4 heteroatoms. The van der Waals surface area contributed by atoms with Crippen molar-refractivity contribution < 1.29 is 4.79 Å². The summed E-state index contributed by atoms with van der Waals surface area (Å²) in [6.45, 7) is 4.59. The number of nitrogens with one attached hydrogen (secondary N) is 2. The molecule has 2 N–H and O–H groups in total. The number of benzene rings is 1. The zero-order valence-corrected chi connectivity index (χ0v) is 11.9. The lowest BCUT2D eigenvalue weighted by atomic mass is 10.2. The summed E-state index contributed by atoms with van der Waals surface area (Å²) in [7, 11) is 0. The molecule has 1 aromatic carbocycles. The molecule has 1 unspecified atom stereocenters. The second kappa shape index (κ2) is 7.45. The summed E-state index contributed by atoms with van der Waals surface area (Å²) < 4.78 is 0.961. The topological polar surface area (TPSA) is 41.1 Å². The van der Waals surface area contributed by atoms with Crippen molar-refractivity contribution in [2.75, 3.05) is 11.9 Å². The summed E-state index contributed by atoms with van der Waals surface area (Å²) in [6, 6.07) is 7.96. The van der Waals surface area contributed by atoms with Gasteiger partial charge in [0.2, 0.25) is 5.91 Å². The Labute approximate surface area is 111 Å². The van der Waals surface area contributed by atoms with Crippen LogP contribution in [0.1, 0.15) is 26.7 Å². The highest BCUT2D eigenvalue weighted by Gasteiger charge is 2.05. The highest BCUT2D eigenvalue weighted by Crippen LogP contribution is 2.15. The normalized spacial score (nSPS) is 12.2. The van der Waals surface area contributed by atoms with Gasteiger partial charge < -0.3 is 10.6 Å². The van der Waals surface area contributed by atoms with Crippen LogP contribution in [0.15, 0.2) is 28.7 Å². The average molecular weight is 299 g/mol. The number of amides is 1. The fourth-order valence-electron chi connectivity index (χ4n) is 1.57. The molecule has 94 valence electrons. The van der Waals surface area contributed by atoms with Gasteiger partial charge in [0.15, 0.2) is 0 Å². The molecule has 0 aliphatic heterocycles. The number of hydrogen-bond acceptors (Lipinski definition) is 2.